The number of rotatable bonds is 9. The largest absolute Gasteiger partial charge is 0.492 e. The Hall–Kier alpha value is -3.67. The number of halogens is 2. The molecule has 1 fully saturated rings. The molecular weight excluding hydrogens is 484 g/mol. The SMILES string of the molecule is O=c1ccc2ccc(OCCN3CCN(CC(O)(Cn4cncn4)c4ccc(F)cc4F)CC3)cc2o1. The van der Waals surface area contributed by atoms with Crippen LogP contribution < -0.4 is 10.4 Å². The summed E-state index contributed by atoms with van der Waals surface area (Å²) in [6, 6.07) is 11.7. The molecule has 0 radical (unpaired) electrons. The van der Waals surface area contributed by atoms with E-state index in [9.17, 15) is 18.7 Å². The number of aromatic nitrogens is 3. The highest BCUT2D eigenvalue weighted by Gasteiger charge is 2.36. The highest BCUT2D eigenvalue weighted by Crippen LogP contribution is 2.28. The molecule has 5 rings (SSSR count). The van der Waals surface area contributed by atoms with Crippen molar-refractivity contribution in [2.45, 2.75) is 12.1 Å². The predicted octanol–water partition coefficient (Wildman–Crippen LogP) is 2.25. The lowest BCUT2D eigenvalue weighted by atomic mass is 9.92. The molecule has 11 heteroatoms. The summed E-state index contributed by atoms with van der Waals surface area (Å²) in [4.78, 5) is 19.6. The third-order valence-corrected chi connectivity index (χ3v) is 6.54. The first-order valence-electron chi connectivity index (χ1n) is 12.0. The zero-order valence-corrected chi connectivity index (χ0v) is 20.1. The van der Waals surface area contributed by atoms with E-state index < -0.39 is 22.9 Å². The molecule has 37 heavy (non-hydrogen) atoms. The number of fused-ring (bicyclic) bond motifs is 1. The Balaban J connectivity index is 1.17. The van der Waals surface area contributed by atoms with Crippen molar-refractivity contribution in [1.82, 2.24) is 24.6 Å². The van der Waals surface area contributed by atoms with Gasteiger partial charge in [-0.1, -0.05) is 6.07 Å². The number of aliphatic hydroxyl groups is 1. The Kier molecular flexibility index (Phi) is 7.26. The van der Waals surface area contributed by atoms with Gasteiger partial charge in [0.15, 0.2) is 0 Å². The van der Waals surface area contributed by atoms with Crippen molar-refractivity contribution in [3.05, 3.63) is 88.8 Å². The van der Waals surface area contributed by atoms with Gasteiger partial charge in [-0.2, -0.15) is 5.10 Å². The van der Waals surface area contributed by atoms with E-state index in [1.807, 2.05) is 12.1 Å². The van der Waals surface area contributed by atoms with Crippen LogP contribution in [0, 0.1) is 11.6 Å². The number of nitrogens with zero attached hydrogens (tertiary/aromatic N) is 5. The molecule has 3 heterocycles. The minimum atomic E-state index is -1.62. The third kappa shape index (κ3) is 6.01. The molecule has 0 bridgehead atoms. The number of benzene rings is 2. The van der Waals surface area contributed by atoms with Gasteiger partial charge in [-0.3, -0.25) is 9.80 Å². The highest BCUT2D eigenvalue weighted by molar-refractivity contribution is 5.77. The second-order valence-corrected chi connectivity index (χ2v) is 9.17. The second kappa shape index (κ2) is 10.8. The summed E-state index contributed by atoms with van der Waals surface area (Å²) in [6.45, 7) is 4.08. The molecule has 4 aromatic rings. The van der Waals surface area contributed by atoms with Crippen LogP contribution in [0.4, 0.5) is 8.78 Å². The molecule has 1 aliphatic rings. The van der Waals surface area contributed by atoms with Crippen LogP contribution in [0.25, 0.3) is 11.0 Å². The van der Waals surface area contributed by atoms with Gasteiger partial charge in [-0.15, -0.1) is 0 Å². The van der Waals surface area contributed by atoms with E-state index in [2.05, 4.69) is 19.9 Å². The van der Waals surface area contributed by atoms with Crippen molar-refractivity contribution in [3.63, 3.8) is 0 Å². The van der Waals surface area contributed by atoms with Crippen molar-refractivity contribution in [1.29, 1.82) is 0 Å². The zero-order chi connectivity index (χ0) is 25.8. The summed E-state index contributed by atoms with van der Waals surface area (Å²) in [7, 11) is 0. The Morgan fingerprint density at radius 3 is 2.54 bits per heavy atom. The van der Waals surface area contributed by atoms with Crippen molar-refractivity contribution in [2.24, 2.45) is 0 Å². The first-order chi connectivity index (χ1) is 17.9. The lowest BCUT2D eigenvalue weighted by Gasteiger charge is -2.39. The maximum atomic E-state index is 14.7. The molecular formula is C26H27F2N5O4. The minimum absolute atomic E-state index is 0.0184. The Morgan fingerprint density at radius 2 is 1.78 bits per heavy atom. The van der Waals surface area contributed by atoms with E-state index >= 15 is 0 Å². The lowest BCUT2D eigenvalue weighted by Crippen LogP contribution is -2.52. The third-order valence-electron chi connectivity index (χ3n) is 6.54. The van der Waals surface area contributed by atoms with E-state index in [1.54, 1.807) is 12.1 Å². The first kappa shape index (κ1) is 25.0. The summed E-state index contributed by atoms with van der Waals surface area (Å²) < 4.78 is 40.7. The summed E-state index contributed by atoms with van der Waals surface area (Å²) in [5.41, 5.74) is -1.53. The fourth-order valence-electron chi connectivity index (χ4n) is 4.63. The van der Waals surface area contributed by atoms with Gasteiger partial charge in [0.2, 0.25) is 0 Å². The highest BCUT2D eigenvalue weighted by atomic mass is 19.1. The molecule has 0 aliphatic carbocycles. The molecule has 0 saturated carbocycles. The molecule has 1 saturated heterocycles. The fourth-order valence-corrected chi connectivity index (χ4v) is 4.63. The van der Waals surface area contributed by atoms with Gasteiger partial charge >= 0.3 is 5.63 Å². The van der Waals surface area contributed by atoms with E-state index in [-0.39, 0.29) is 18.7 Å². The summed E-state index contributed by atoms with van der Waals surface area (Å²) in [5.74, 6) is -0.875. The van der Waals surface area contributed by atoms with Crippen LogP contribution >= 0.6 is 0 Å². The average molecular weight is 512 g/mol. The summed E-state index contributed by atoms with van der Waals surface area (Å²) >= 11 is 0. The number of β-amino-alcohol motifs (C(OH)–C–C–N with tert-alkyl or cyclic N) is 1. The van der Waals surface area contributed by atoms with E-state index in [0.29, 0.717) is 37.6 Å². The normalized spacial score (nSPS) is 16.6. The second-order valence-electron chi connectivity index (χ2n) is 9.17. The van der Waals surface area contributed by atoms with Gasteiger partial charge in [0.1, 0.15) is 47.8 Å². The van der Waals surface area contributed by atoms with E-state index in [4.69, 9.17) is 9.15 Å². The Labute approximate surface area is 211 Å². The number of hydrogen-bond donors (Lipinski definition) is 1. The number of piperazine rings is 1. The summed E-state index contributed by atoms with van der Waals surface area (Å²) in [6.07, 6.45) is 2.80. The van der Waals surface area contributed by atoms with Gasteiger partial charge in [-0.05, 0) is 24.3 Å². The molecule has 194 valence electrons. The van der Waals surface area contributed by atoms with Gasteiger partial charge < -0.3 is 14.3 Å². The van der Waals surface area contributed by atoms with Crippen molar-refractivity contribution < 1.29 is 23.0 Å². The van der Waals surface area contributed by atoms with Crippen LogP contribution in [0.1, 0.15) is 5.56 Å². The first-order valence-corrected chi connectivity index (χ1v) is 12.0. The van der Waals surface area contributed by atoms with Crippen LogP contribution in [0.5, 0.6) is 5.75 Å². The number of hydrogen-bond acceptors (Lipinski definition) is 8. The van der Waals surface area contributed by atoms with Crippen LogP contribution in [-0.2, 0) is 12.1 Å². The topological polar surface area (TPSA) is 96.9 Å². The molecule has 1 N–H and O–H groups in total. The van der Waals surface area contributed by atoms with Gasteiger partial charge in [-0.25, -0.2) is 23.2 Å². The van der Waals surface area contributed by atoms with Gasteiger partial charge in [0.05, 0.1) is 6.54 Å². The molecule has 2 aromatic heterocycles. The molecule has 1 unspecified atom stereocenters. The molecule has 2 aromatic carbocycles. The smallest absolute Gasteiger partial charge is 0.336 e. The van der Waals surface area contributed by atoms with E-state index in [1.165, 1.54) is 29.5 Å². The van der Waals surface area contributed by atoms with Crippen molar-refractivity contribution >= 4 is 11.0 Å². The molecule has 1 aliphatic heterocycles. The van der Waals surface area contributed by atoms with Crippen LogP contribution in [0.2, 0.25) is 0 Å². The molecule has 1 atom stereocenters. The van der Waals surface area contributed by atoms with Crippen LogP contribution in [0.15, 0.2) is 70.4 Å². The van der Waals surface area contributed by atoms with E-state index in [0.717, 1.165) is 30.6 Å². The maximum absolute atomic E-state index is 14.7. The quantitative estimate of drug-likeness (QED) is 0.342. The van der Waals surface area contributed by atoms with Gasteiger partial charge in [0.25, 0.3) is 0 Å². The molecule has 0 amide bonds. The fraction of sp³-hybridized carbons (Fsp3) is 0.346. The minimum Gasteiger partial charge on any atom is -0.492 e. The van der Waals surface area contributed by atoms with Crippen LogP contribution in [-0.4, -0.2) is 75.5 Å². The monoisotopic (exact) mass is 511 g/mol. The number of ether oxygens (including phenoxy) is 1. The predicted molar refractivity (Wildman–Crippen MR) is 131 cm³/mol. The van der Waals surface area contributed by atoms with Crippen LogP contribution in [0.3, 0.4) is 0 Å². The zero-order valence-electron chi connectivity index (χ0n) is 20.1. The maximum Gasteiger partial charge on any atom is 0.336 e. The van der Waals surface area contributed by atoms with Crippen molar-refractivity contribution in [2.75, 3.05) is 45.9 Å². The molecule has 0 spiro atoms. The lowest BCUT2D eigenvalue weighted by molar-refractivity contribution is -0.0324. The summed E-state index contributed by atoms with van der Waals surface area (Å²) in [5, 5.41) is 16.4. The Bertz CT molecular complexity index is 1410. The van der Waals surface area contributed by atoms with Crippen molar-refractivity contribution in [3.8, 4) is 5.75 Å². The Morgan fingerprint density at radius 1 is 1.00 bits per heavy atom. The molecule has 9 nitrogen and oxygen atoms in total. The standard InChI is InChI=1S/C26H27F2N5O4/c27-20-3-5-22(23(28)13-20)26(35,16-33-18-29-17-30-33)15-32-9-7-31(8-10-32)11-12-36-21-4-1-19-2-6-25(34)37-24(19)14-21/h1-6,13-14,17-18,35H,7-12,15-16H2. The van der Waals surface area contributed by atoms with Gasteiger partial charge in [0, 0.05) is 68.4 Å². The average Bonchev–Trinajstić information content (AvgIpc) is 3.37.